The van der Waals surface area contributed by atoms with Crippen LogP contribution in [-0.4, -0.2) is 29.3 Å². The van der Waals surface area contributed by atoms with E-state index in [1.807, 2.05) is 6.92 Å². The number of rotatable bonds is 5. The lowest BCUT2D eigenvalue weighted by Crippen LogP contribution is -2.31. The predicted molar refractivity (Wildman–Crippen MR) is 87.9 cm³/mol. The molecule has 0 radical (unpaired) electrons. The highest BCUT2D eigenvalue weighted by Gasteiger charge is 2.29. The van der Waals surface area contributed by atoms with Crippen LogP contribution in [0, 0.1) is 18.2 Å². The van der Waals surface area contributed by atoms with Gasteiger partial charge in [-0.25, -0.2) is 14.2 Å². The predicted octanol–water partition coefficient (Wildman–Crippen LogP) is 2.34. The molecule has 0 saturated carbocycles. The Morgan fingerprint density at radius 3 is 2.78 bits per heavy atom. The summed E-state index contributed by atoms with van der Waals surface area (Å²) in [6.45, 7) is 1.82. The average molecular weight is 333 g/mol. The van der Waals surface area contributed by atoms with Crippen molar-refractivity contribution in [1.82, 2.24) is 10.3 Å². The fourth-order valence-corrected chi connectivity index (χ4v) is 2.77. The molecule has 0 bridgehead atoms. The Morgan fingerprint density at radius 2 is 2.17 bits per heavy atom. The minimum Gasteiger partial charge on any atom is -0.395 e. The second-order valence-electron chi connectivity index (χ2n) is 4.92. The molecule has 0 fully saturated rings. The third-order valence-corrected chi connectivity index (χ3v) is 4.10. The van der Waals surface area contributed by atoms with E-state index in [0.717, 1.165) is 5.56 Å². The van der Waals surface area contributed by atoms with E-state index in [1.165, 1.54) is 23.5 Å². The number of terminal acetylenes is 1. The number of aliphatic hydroxyl groups is 1. The van der Waals surface area contributed by atoms with Gasteiger partial charge in [0.1, 0.15) is 5.82 Å². The summed E-state index contributed by atoms with van der Waals surface area (Å²) in [4.78, 5) is 15.9. The molecule has 23 heavy (non-hydrogen) atoms. The Labute approximate surface area is 137 Å². The third-order valence-electron chi connectivity index (χ3n) is 3.34. The molecule has 120 valence electrons. The molecule has 0 aliphatic rings. The Balaban J connectivity index is 2.21. The fourth-order valence-electron chi connectivity index (χ4n) is 1.96. The van der Waals surface area contributed by atoms with Gasteiger partial charge in [0.05, 0.1) is 17.7 Å². The first-order chi connectivity index (χ1) is 11.0. The van der Waals surface area contributed by atoms with Gasteiger partial charge in [-0.3, -0.25) is 5.32 Å². The molecule has 0 aliphatic heterocycles. The summed E-state index contributed by atoms with van der Waals surface area (Å²) in [5.41, 5.74) is 0.503. The van der Waals surface area contributed by atoms with Gasteiger partial charge in [0.15, 0.2) is 5.13 Å². The van der Waals surface area contributed by atoms with Crippen LogP contribution in [0.1, 0.15) is 18.2 Å². The van der Waals surface area contributed by atoms with Crippen LogP contribution >= 0.6 is 11.3 Å². The van der Waals surface area contributed by atoms with Crippen LogP contribution in [-0.2, 0) is 5.41 Å². The van der Waals surface area contributed by atoms with E-state index in [2.05, 4.69) is 21.5 Å². The van der Waals surface area contributed by atoms with Crippen LogP contribution in [0.5, 0.6) is 0 Å². The Morgan fingerprint density at radius 1 is 1.48 bits per heavy atom. The SMILES string of the molecule is C#C[C@@](C)(c1ccc(F)cc1)c1csc(NC(=O)NCCO)n1. The smallest absolute Gasteiger partial charge is 0.321 e. The van der Waals surface area contributed by atoms with Crippen LogP contribution < -0.4 is 10.6 Å². The van der Waals surface area contributed by atoms with E-state index >= 15 is 0 Å². The molecule has 1 aromatic heterocycles. The van der Waals surface area contributed by atoms with Crippen molar-refractivity contribution in [3.05, 3.63) is 46.7 Å². The number of anilines is 1. The van der Waals surface area contributed by atoms with Crippen LogP contribution in [0.25, 0.3) is 0 Å². The Hall–Kier alpha value is -2.43. The lowest BCUT2D eigenvalue weighted by molar-refractivity contribution is 0.245. The van der Waals surface area contributed by atoms with Gasteiger partial charge in [0.25, 0.3) is 0 Å². The molecule has 2 rings (SSSR count). The monoisotopic (exact) mass is 333 g/mol. The number of aliphatic hydroxyl groups excluding tert-OH is 1. The summed E-state index contributed by atoms with van der Waals surface area (Å²) in [6.07, 6.45) is 5.68. The molecule has 2 aromatic rings. The van der Waals surface area contributed by atoms with E-state index in [0.29, 0.717) is 10.8 Å². The van der Waals surface area contributed by atoms with Crippen LogP contribution in [0.3, 0.4) is 0 Å². The van der Waals surface area contributed by atoms with E-state index in [9.17, 15) is 9.18 Å². The van der Waals surface area contributed by atoms with Gasteiger partial charge in [0.2, 0.25) is 0 Å². The van der Waals surface area contributed by atoms with E-state index < -0.39 is 11.4 Å². The molecule has 5 nitrogen and oxygen atoms in total. The number of hydrogen-bond donors (Lipinski definition) is 3. The number of carbonyl (C=O) groups is 1. The van der Waals surface area contributed by atoms with Gasteiger partial charge in [-0.15, -0.1) is 17.8 Å². The fraction of sp³-hybridized carbons (Fsp3) is 0.250. The van der Waals surface area contributed by atoms with Gasteiger partial charge in [0, 0.05) is 11.9 Å². The summed E-state index contributed by atoms with van der Waals surface area (Å²) >= 11 is 1.24. The number of halogens is 1. The first-order valence-electron chi connectivity index (χ1n) is 6.85. The second-order valence-corrected chi connectivity index (χ2v) is 5.78. The summed E-state index contributed by atoms with van der Waals surface area (Å²) < 4.78 is 13.1. The highest BCUT2D eigenvalue weighted by atomic mass is 32.1. The number of aromatic nitrogens is 1. The number of carbonyl (C=O) groups excluding carboxylic acids is 1. The van der Waals surface area contributed by atoms with E-state index in [-0.39, 0.29) is 19.0 Å². The molecule has 2 amide bonds. The van der Waals surface area contributed by atoms with E-state index in [1.54, 1.807) is 17.5 Å². The quantitative estimate of drug-likeness (QED) is 0.735. The van der Waals surface area contributed by atoms with Crippen molar-refractivity contribution in [3.63, 3.8) is 0 Å². The first kappa shape index (κ1) is 16.9. The minimum absolute atomic E-state index is 0.143. The van der Waals surface area contributed by atoms with Gasteiger partial charge in [-0.2, -0.15) is 0 Å². The summed E-state index contributed by atoms with van der Waals surface area (Å²) in [5.74, 6) is 2.35. The van der Waals surface area contributed by atoms with Gasteiger partial charge in [-0.1, -0.05) is 18.1 Å². The lowest BCUT2D eigenvalue weighted by atomic mass is 9.81. The number of nitrogens with one attached hydrogen (secondary N) is 2. The minimum atomic E-state index is -0.828. The molecule has 1 aromatic carbocycles. The highest BCUT2D eigenvalue weighted by molar-refractivity contribution is 7.14. The van der Waals surface area contributed by atoms with Gasteiger partial charge >= 0.3 is 6.03 Å². The van der Waals surface area contributed by atoms with Crippen molar-refractivity contribution in [1.29, 1.82) is 0 Å². The van der Waals surface area contributed by atoms with Crippen molar-refractivity contribution in [2.45, 2.75) is 12.3 Å². The molecule has 3 N–H and O–H groups in total. The molecule has 0 unspecified atom stereocenters. The van der Waals surface area contributed by atoms with Gasteiger partial charge < -0.3 is 10.4 Å². The molecular formula is C16H16FN3O2S. The standard InChI is InChI=1S/C16H16FN3O2S/c1-3-16(2,11-4-6-12(17)7-5-11)13-10-23-15(19-13)20-14(22)18-8-9-21/h1,4-7,10,21H,8-9H2,2H3,(H2,18,19,20,22)/t16-/m0/s1. The number of urea groups is 1. The van der Waals surface area contributed by atoms with Crippen LogP contribution in [0.2, 0.25) is 0 Å². The molecule has 0 spiro atoms. The van der Waals surface area contributed by atoms with Crippen molar-refractivity contribution in [2.75, 3.05) is 18.5 Å². The summed E-state index contributed by atoms with van der Waals surface area (Å²) in [5, 5.41) is 15.8. The first-order valence-corrected chi connectivity index (χ1v) is 7.73. The van der Waals surface area contributed by atoms with Crippen molar-refractivity contribution in [2.24, 2.45) is 0 Å². The number of nitrogens with zero attached hydrogens (tertiary/aromatic N) is 1. The molecule has 7 heteroatoms. The maximum Gasteiger partial charge on any atom is 0.321 e. The topological polar surface area (TPSA) is 74.2 Å². The Bertz CT molecular complexity index is 724. The maximum atomic E-state index is 13.1. The largest absolute Gasteiger partial charge is 0.395 e. The number of benzene rings is 1. The highest BCUT2D eigenvalue weighted by Crippen LogP contribution is 2.33. The van der Waals surface area contributed by atoms with Gasteiger partial charge in [-0.05, 0) is 24.6 Å². The molecule has 1 atom stereocenters. The maximum absolute atomic E-state index is 13.1. The third kappa shape index (κ3) is 3.86. The molecule has 1 heterocycles. The summed E-state index contributed by atoms with van der Waals surface area (Å²) in [6, 6.07) is 5.48. The molecule has 0 saturated heterocycles. The van der Waals surface area contributed by atoms with Crippen molar-refractivity contribution < 1.29 is 14.3 Å². The molecule has 0 aliphatic carbocycles. The average Bonchev–Trinajstić information content (AvgIpc) is 3.01. The zero-order chi connectivity index (χ0) is 16.9. The normalized spacial score (nSPS) is 13.0. The number of hydrogen-bond acceptors (Lipinski definition) is 4. The zero-order valence-electron chi connectivity index (χ0n) is 12.5. The lowest BCUT2D eigenvalue weighted by Gasteiger charge is -2.22. The molecular weight excluding hydrogens is 317 g/mol. The number of thiazole rings is 1. The van der Waals surface area contributed by atoms with Crippen LogP contribution in [0.15, 0.2) is 29.6 Å². The van der Waals surface area contributed by atoms with Crippen molar-refractivity contribution in [3.8, 4) is 12.3 Å². The van der Waals surface area contributed by atoms with Crippen LogP contribution in [0.4, 0.5) is 14.3 Å². The summed E-state index contributed by atoms with van der Waals surface area (Å²) in [7, 11) is 0. The van der Waals surface area contributed by atoms with E-state index in [4.69, 9.17) is 11.5 Å². The Kier molecular flexibility index (Phi) is 5.32. The zero-order valence-corrected chi connectivity index (χ0v) is 13.3. The van der Waals surface area contributed by atoms with Crippen molar-refractivity contribution >= 4 is 22.5 Å². The second kappa shape index (κ2) is 7.22. The number of amides is 2.